The molecule has 1 nitrogen and oxygen atoms in total. The lowest BCUT2D eigenvalue weighted by molar-refractivity contribution is -0.139. The lowest BCUT2D eigenvalue weighted by Gasteiger charge is -2.18. The molecule has 1 unspecified atom stereocenters. The van der Waals surface area contributed by atoms with Crippen LogP contribution in [0.2, 0.25) is 0 Å². The minimum Gasteiger partial charge on any atom is -0.388 e. The Morgan fingerprint density at radius 1 is 1.10 bits per heavy atom. The van der Waals surface area contributed by atoms with Crippen molar-refractivity contribution in [2.24, 2.45) is 0 Å². The molecule has 21 heavy (non-hydrogen) atoms. The monoisotopic (exact) mass is 298 g/mol. The minimum absolute atomic E-state index is 0.0430. The van der Waals surface area contributed by atoms with Crippen LogP contribution < -0.4 is 0 Å². The molecule has 0 saturated carbocycles. The van der Waals surface area contributed by atoms with Crippen LogP contribution in [0, 0.1) is 12.7 Å². The maximum Gasteiger partial charge on any atom is 0.416 e. The third-order valence-electron chi connectivity index (χ3n) is 3.35. The Labute approximate surface area is 119 Å². The van der Waals surface area contributed by atoms with E-state index in [0.29, 0.717) is 6.07 Å². The summed E-state index contributed by atoms with van der Waals surface area (Å²) in [6, 6.07) is 9.45. The van der Waals surface area contributed by atoms with Crippen LogP contribution in [0.5, 0.6) is 0 Å². The van der Waals surface area contributed by atoms with Crippen LogP contribution in [0.15, 0.2) is 42.5 Å². The molecule has 2 rings (SSSR count). The summed E-state index contributed by atoms with van der Waals surface area (Å²) in [6.07, 6.45) is -6.01. The van der Waals surface area contributed by atoms with Gasteiger partial charge >= 0.3 is 6.18 Å². The van der Waals surface area contributed by atoms with Crippen molar-refractivity contribution in [2.75, 3.05) is 0 Å². The second kappa shape index (κ2) is 5.85. The molecule has 1 N–H and O–H groups in total. The van der Waals surface area contributed by atoms with Gasteiger partial charge in [-0.25, -0.2) is 4.39 Å². The smallest absolute Gasteiger partial charge is 0.388 e. The quantitative estimate of drug-likeness (QED) is 0.831. The minimum atomic E-state index is -4.70. The van der Waals surface area contributed by atoms with Gasteiger partial charge in [0.05, 0.1) is 11.7 Å². The summed E-state index contributed by atoms with van der Waals surface area (Å²) in [6.45, 7) is 1.82. The molecule has 1 atom stereocenters. The highest BCUT2D eigenvalue weighted by molar-refractivity contribution is 5.34. The Hall–Kier alpha value is -1.88. The normalized spacial score (nSPS) is 13.2. The molecule has 2 aromatic carbocycles. The van der Waals surface area contributed by atoms with Gasteiger partial charge in [0.15, 0.2) is 0 Å². The Bertz CT molecular complexity index is 634. The van der Waals surface area contributed by atoms with Crippen LogP contribution >= 0.6 is 0 Å². The number of aryl methyl sites for hydroxylation is 1. The topological polar surface area (TPSA) is 20.2 Å². The summed E-state index contributed by atoms with van der Waals surface area (Å²) in [5.41, 5.74) is 0.186. The molecule has 0 spiro atoms. The highest BCUT2D eigenvalue weighted by Crippen LogP contribution is 2.36. The first-order valence-electron chi connectivity index (χ1n) is 6.38. The SMILES string of the molecule is Cc1ccccc1CC(O)c1ccc(F)cc1C(F)(F)F. The third kappa shape index (κ3) is 3.61. The van der Waals surface area contributed by atoms with Gasteiger partial charge in [-0.15, -0.1) is 0 Å². The van der Waals surface area contributed by atoms with Crippen molar-refractivity contribution in [1.82, 2.24) is 0 Å². The summed E-state index contributed by atoms with van der Waals surface area (Å²) in [5, 5.41) is 10.1. The zero-order valence-corrected chi connectivity index (χ0v) is 11.3. The summed E-state index contributed by atoms with van der Waals surface area (Å²) in [4.78, 5) is 0. The van der Waals surface area contributed by atoms with Gasteiger partial charge in [0.2, 0.25) is 0 Å². The standard InChI is InChI=1S/C16H14F4O/c1-10-4-2-3-5-11(10)8-15(21)13-7-6-12(17)9-14(13)16(18,19)20/h2-7,9,15,21H,8H2,1H3. The predicted molar refractivity (Wildman–Crippen MR) is 71.2 cm³/mol. The van der Waals surface area contributed by atoms with Crippen LogP contribution in [-0.2, 0) is 12.6 Å². The molecule has 0 aliphatic rings. The molecular formula is C16H14F4O. The Balaban J connectivity index is 2.36. The third-order valence-corrected chi connectivity index (χ3v) is 3.35. The maximum atomic E-state index is 13.1. The Morgan fingerprint density at radius 2 is 1.76 bits per heavy atom. The van der Waals surface area contributed by atoms with Crippen LogP contribution in [0.3, 0.4) is 0 Å². The van der Waals surface area contributed by atoms with E-state index < -0.39 is 23.7 Å². The van der Waals surface area contributed by atoms with Gasteiger partial charge < -0.3 is 5.11 Å². The fraction of sp³-hybridized carbons (Fsp3) is 0.250. The lowest BCUT2D eigenvalue weighted by Crippen LogP contribution is -2.14. The number of hydrogen-bond donors (Lipinski definition) is 1. The van der Waals surface area contributed by atoms with E-state index in [1.54, 1.807) is 12.1 Å². The summed E-state index contributed by atoms with van der Waals surface area (Å²) < 4.78 is 51.8. The second-order valence-corrected chi connectivity index (χ2v) is 4.88. The molecule has 2 aromatic rings. The van der Waals surface area contributed by atoms with Gasteiger partial charge in [-0.3, -0.25) is 0 Å². The molecule has 0 aliphatic heterocycles. The fourth-order valence-electron chi connectivity index (χ4n) is 2.22. The molecule has 0 heterocycles. The van der Waals surface area contributed by atoms with Crippen molar-refractivity contribution in [3.8, 4) is 0 Å². The molecule has 0 bridgehead atoms. The van der Waals surface area contributed by atoms with Gasteiger partial charge in [0, 0.05) is 6.42 Å². The van der Waals surface area contributed by atoms with Crippen molar-refractivity contribution in [2.45, 2.75) is 25.6 Å². The molecular weight excluding hydrogens is 284 g/mol. The average molecular weight is 298 g/mol. The van der Waals surface area contributed by atoms with E-state index in [1.165, 1.54) is 0 Å². The van der Waals surface area contributed by atoms with Gasteiger partial charge in [0.25, 0.3) is 0 Å². The molecule has 0 saturated heterocycles. The highest BCUT2D eigenvalue weighted by Gasteiger charge is 2.35. The number of alkyl halides is 3. The number of aliphatic hydroxyl groups excluding tert-OH is 1. The molecule has 5 heteroatoms. The summed E-state index contributed by atoms with van der Waals surface area (Å²) in [7, 11) is 0. The molecule has 0 aromatic heterocycles. The van der Waals surface area contributed by atoms with Crippen molar-refractivity contribution < 1.29 is 22.7 Å². The van der Waals surface area contributed by atoms with Gasteiger partial charge in [0.1, 0.15) is 5.82 Å². The number of benzene rings is 2. The summed E-state index contributed by atoms with van der Waals surface area (Å²) in [5.74, 6) is -0.978. The predicted octanol–water partition coefficient (Wildman–Crippen LogP) is 4.43. The molecule has 0 amide bonds. The van der Waals surface area contributed by atoms with Crippen LogP contribution in [0.4, 0.5) is 17.6 Å². The van der Waals surface area contributed by atoms with Crippen molar-refractivity contribution in [1.29, 1.82) is 0 Å². The number of aliphatic hydroxyl groups is 1. The van der Waals surface area contributed by atoms with Crippen LogP contribution in [0.25, 0.3) is 0 Å². The summed E-state index contributed by atoms with van der Waals surface area (Å²) >= 11 is 0. The van der Waals surface area contributed by atoms with Crippen molar-refractivity contribution >= 4 is 0 Å². The van der Waals surface area contributed by atoms with E-state index in [1.807, 2.05) is 19.1 Å². The molecule has 112 valence electrons. The average Bonchev–Trinajstić information content (AvgIpc) is 2.40. The largest absolute Gasteiger partial charge is 0.416 e. The molecule has 0 radical (unpaired) electrons. The number of hydrogen-bond acceptors (Lipinski definition) is 1. The fourth-order valence-corrected chi connectivity index (χ4v) is 2.22. The van der Waals surface area contributed by atoms with E-state index in [-0.39, 0.29) is 12.0 Å². The van der Waals surface area contributed by atoms with Gasteiger partial charge in [-0.2, -0.15) is 13.2 Å². The van der Waals surface area contributed by atoms with Crippen molar-refractivity contribution in [3.05, 3.63) is 70.5 Å². The highest BCUT2D eigenvalue weighted by atomic mass is 19.4. The van der Waals surface area contributed by atoms with E-state index in [2.05, 4.69) is 0 Å². The van der Waals surface area contributed by atoms with Crippen molar-refractivity contribution in [3.63, 3.8) is 0 Å². The first-order valence-corrected chi connectivity index (χ1v) is 6.38. The van der Waals surface area contributed by atoms with Gasteiger partial charge in [-0.05, 0) is 35.7 Å². The zero-order valence-electron chi connectivity index (χ0n) is 11.3. The number of halogens is 4. The lowest BCUT2D eigenvalue weighted by atomic mass is 9.95. The Kier molecular flexibility index (Phi) is 4.32. The molecule has 0 aliphatic carbocycles. The first kappa shape index (κ1) is 15.5. The van der Waals surface area contributed by atoms with E-state index >= 15 is 0 Å². The van der Waals surface area contributed by atoms with E-state index in [9.17, 15) is 22.7 Å². The number of rotatable bonds is 3. The molecule has 0 fully saturated rings. The van der Waals surface area contributed by atoms with Crippen LogP contribution in [0.1, 0.15) is 28.4 Å². The zero-order chi connectivity index (χ0) is 15.6. The second-order valence-electron chi connectivity index (χ2n) is 4.88. The van der Waals surface area contributed by atoms with Gasteiger partial charge in [-0.1, -0.05) is 30.3 Å². The first-order chi connectivity index (χ1) is 9.79. The maximum absolute atomic E-state index is 13.1. The van der Waals surface area contributed by atoms with Crippen LogP contribution in [-0.4, -0.2) is 5.11 Å². The Morgan fingerprint density at radius 3 is 2.38 bits per heavy atom. The van der Waals surface area contributed by atoms with E-state index in [0.717, 1.165) is 23.3 Å². The van der Waals surface area contributed by atoms with E-state index in [4.69, 9.17) is 0 Å².